The first-order valence-corrected chi connectivity index (χ1v) is 10.8. The molecule has 8 heteroatoms. The number of benzene rings is 3. The van der Waals surface area contributed by atoms with Gasteiger partial charge in [0, 0.05) is 4.47 Å². The van der Waals surface area contributed by atoms with Crippen LogP contribution >= 0.6 is 15.9 Å². The van der Waals surface area contributed by atoms with E-state index in [-0.39, 0.29) is 4.90 Å². The lowest BCUT2D eigenvalue weighted by Gasteiger charge is -2.05. The maximum atomic E-state index is 12.2. The molecule has 0 unspecified atom stereocenters. The average molecular weight is 473 g/mol. The molecular formula is C21H17BrN2O4S. The van der Waals surface area contributed by atoms with Crippen LogP contribution in [-0.2, 0) is 10.0 Å². The fourth-order valence-electron chi connectivity index (χ4n) is 2.31. The van der Waals surface area contributed by atoms with Gasteiger partial charge in [0.15, 0.2) is 0 Å². The van der Waals surface area contributed by atoms with Crippen LogP contribution in [0.2, 0.25) is 0 Å². The molecule has 0 spiro atoms. The van der Waals surface area contributed by atoms with E-state index in [0.29, 0.717) is 16.9 Å². The average Bonchev–Trinajstić information content (AvgIpc) is 2.70. The van der Waals surface area contributed by atoms with E-state index in [1.807, 2.05) is 19.1 Å². The van der Waals surface area contributed by atoms with Crippen molar-refractivity contribution in [3.8, 4) is 5.75 Å². The molecule has 29 heavy (non-hydrogen) atoms. The SMILES string of the molecule is Cc1ccc(C(=O)Oc2ccc(/C=N\NS(=O)(=O)c3ccc(Br)cc3)cc2)cc1. The van der Waals surface area contributed by atoms with Crippen LogP contribution in [-0.4, -0.2) is 20.6 Å². The molecule has 3 rings (SSSR count). The highest BCUT2D eigenvalue weighted by atomic mass is 79.9. The second-order valence-corrected chi connectivity index (χ2v) is 8.71. The number of esters is 1. The van der Waals surface area contributed by atoms with Crippen LogP contribution in [0.15, 0.2) is 87.3 Å². The number of aryl methyl sites for hydroxylation is 1. The molecule has 0 saturated heterocycles. The number of ether oxygens (including phenoxy) is 1. The topological polar surface area (TPSA) is 84.8 Å². The first kappa shape index (κ1) is 20.8. The number of nitrogens with one attached hydrogen (secondary N) is 1. The first-order chi connectivity index (χ1) is 13.8. The molecule has 0 aromatic heterocycles. The predicted molar refractivity (Wildman–Crippen MR) is 115 cm³/mol. The van der Waals surface area contributed by atoms with Crippen molar-refractivity contribution in [1.29, 1.82) is 0 Å². The highest BCUT2D eigenvalue weighted by molar-refractivity contribution is 9.10. The number of halogens is 1. The third-order valence-corrected chi connectivity index (χ3v) is 5.66. The number of hydrogen-bond acceptors (Lipinski definition) is 5. The van der Waals surface area contributed by atoms with Crippen molar-refractivity contribution < 1.29 is 17.9 Å². The molecule has 0 atom stereocenters. The standard InChI is InChI=1S/C21H17BrN2O4S/c1-15-2-6-17(7-3-15)21(25)28-19-10-4-16(5-11-19)14-23-24-29(26,27)20-12-8-18(22)9-13-20/h2-14,24H,1H3/b23-14-. The fourth-order valence-corrected chi connectivity index (χ4v) is 3.37. The Kier molecular flexibility index (Phi) is 6.46. The summed E-state index contributed by atoms with van der Waals surface area (Å²) in [5.74, 6) is -0.0724. The first-order valence-electron chi connectivity index (χ1n) is 8.53. The van der Waals surface area contributed by atoms with Crippen molar-refractivity contribution in [2.24, 2.45) is 5.10 Å². The van der Waals surface area contributed by atoms with Crippen LogP contribution in [0.4, 0.5) is 0 Å². The van der Waals surface area contributed by atoms with Crippen molar-refractivity contribution in [2.45, 2.75) is 11.8 Å². The Morgan fingerprint density at radius 3 is 2.21 bits per heavy atom. The number of carbonyl (C=O) groups is 1. The number of hydrazone groups is 1. The van der Waals surface area contributed by atoms with Crippen LogP contribution in [0.5, 0.6) is 5.75 Å². The maximum absolute atomic E-state index is 12.2. The lowest BCUT2D eigenvalue weighted by molar-refractivity contribution is 0.0734. The van der Waals surface area contributed by atoms with Crippen LogP contribution < -0.4 is 9.57 Å². The van der Waals surface area contributed by atoms with Gasteiger partial charge in [0.1, 0.15) is 5.75 Å². The summed E-state index contributed by atoms with van der Waals surface area (Å²) in [5.41, 5.74) is 2.16. The Bertz CT molecular complexity index is 1120. The van der Waals surface area contributed by atoms with Gasteiger partial charge in [0.05, 0.1) is 16.7 Å². The molecule has 148 valence electrons. The third kappa shape index (κ3) is 5.75. The molecule has 3 aromatic rings. The van der Waals surface area contributed by atoms with Crippen molar-refractivity contribution in [3.05, 3.63) is 94.0 Å². The quantitative estimate of drug-likeness (QED) is 0.251. The van der Waals surface area contributed by atoms with Gasteiger partial charge >= 0.3 is 5.97 Å². The van der Waals surface area contributed by atoms with E-state index in [0.717, 1.165) is 10.0 Å². The summed E-state index contributed by atoms with van der Waals surface area (Å²) in [6, 6.07) is 19.8. The molecule has 0 aliphatic carbocycles. The number of hydrogen-bond donors (Lipinski definition) is 1. The minimum Gasteiger partial charge on any atom is -0.423 e. The molecule has 0 radical (unpaired) electrons. The Labute approximate surface area is 177 Å². The van der Waals surface area contributed by atoms with Crippen molar-refractivity contribution >= 4 is 38.1 Å². The van der Waals surface area contributed by atoms with E-state index in [4.69, 9.17) is 4.74 Å². The van der Waals surface area contributed by atoms with E-state index >= 15 is 0 Å². The van der Waals surface area contributed by atoms with Crippen molar-refractivity contribution in [2.75, 3.05) is 0 Å². The second kappa shape index (κ2) is 9.02. The minimum absolute atomic E-state index is 0.108. The highest BCUT2D eigenvalue weighted by Gasteiger charge is 2.12. The summed E-state index contributed by atoms with van der Waals surface area (Å²) >= 11 is 3.26. The third-order valence-electron chi connectivity index (χ3n) is 3.89. The zero-order valence-electron chi connectivity index (χ0n) is 15.4. The van der Waals surface area contributed by atoms with Crippen molar-refractivity contribution in [3.63, 3.8) is 0 Å². The lowest BCUT2D eigenvalue weighted by Crippen LogP contribution is -2.18. The van der Waals surface area contributed by atoms with Crippen LogP contribution in [0.3, 0.4) is 0 Å². The van der Waals surface area contributed by atoms with Gasteiger partial charge in [-0.2, -0.15) is 13.5 Å². The van der Waals surface area contributed by atoms with Gasteiger partial charge in [0.25, 0.3) is 10.0 Å². The summed E-state index contributed by atoms with van der Waals surface area (Å²) < 4.78 is 30.4. The summed E-state index contributed by atoms with van der Waals surface area (Å²) in [7, 11) is -3.74. The molecule has 0 aliphatic rings. The summed E-state index contributed by atoms with van der Waals surface area (Å²) in [6.07, 6.45) is 1.36. The number of nitrogens with zero attached hydrogens (tertiary/aromatic N) is 1. The van der Waals surface area contributed by atoms with Crippen LogP contribution in [0, 0.1) is 6.92 Å². The predicted octanol–water partition coefficient (Wildman–Crippen LogP) is 4.29. The number of carbonyl (C=O) groups excluding carboxylic acids is 1. The molecule has 1 N–H and O–H groups in total. The molecule has 6 nitrogen and oxygen atoms in total. The van der Waals surface area contributed by atoms with E-state index in [1.54, 1.807) is 48.5 Å². The Balaban J connectivity index is 1.60. The van der Waals surface area contributed by atoms with Gasteiger partial charge in [-0.1, -0.05) is 33.6 Å². The van der Waals surface area contributed by atoms with Gasteiger partial charge in [-0.3, -0.25) is 0 Å². The maximum Gasteiger partial charge on any atom is 0.343 e. The summed E-state index contributed by atoms with van der Waals surface area (Å²) in [4.78, 5) is 14.4. The molecule has 3 aromatic carbocycles. The molecule has 0 heterocycles. The normalized spacial score (nSPS) is 11.4. The monoisotopic (exact) mass is 472 g/mol. The molecule has 0 amide bonds. The number of rotatable bonds is 6. The Hall–Kier alpha value is -2.97. The van der Waals surface area contributed by atoms with Crippen LogP contribution in [0.1, 0.15) is 21.5 Å². The summed E-state index contributed by atoms with van der Waals surface area (Å²) in [6.45, 7) is 1.94. The van der Waals surface area contributed by atoms with Gasteiger partial charge in [-0.25, -0.2) is 9.63 Å². The lowest BCUT2D eigenvalue weighted by atomic mass is 10.1. The molecule has 0 bridgehead atoms. The molecule has 0 aliphatic heterocycles. The van der Waals surface area contributed by atoms with E-state index < -0.39 is 16.0 Å². The van der Waals surface area contributed by atoms with E-state index in [9.17, 15) is 13.2 Å². The van der Waals surface area contributed by atoms with E-state index in [1.165, 1.54) is 18.3 Å². The molecule has 0 fully saturated rings. The van der Waals surface area contributed by atoms with Gasteiger partial charge in [-0.15, -0.1) is 0 Å². The minimum atomic E-state index is -3.74. The highest BCUT2D eigenvalue weighted by Crippen LogP contribution is 2.15. The van der Waals surface area contributed by atoms with Crippen molar-refractivity contribution in [1.82, 2.24) is 4.83 Å². The van der Waals surface area contributed by atoms with Crippen LogP contribution in [0.25, 0.3) is 0 Å². The number of sulfonamides is 1. The Morgan fingerprint density at radius 1 is 0.966 bits per heavy atom. The summed E-state index contributed by atoms with van der Waals surface area (Å²) in [5, 5.41) is 3.78. The van der Waals surface area contributed by atoms with Gasteiger partial charge < -0.3 is 4.74 Å². The van der Waals surface area contributed by atoms with Gasteiger partial charge in [-0.05, 0) is 73.2 Å². The zero-order chi connectivity index (χ0) is 20.9. The molecule has 0 saturated carbocycles. The Morgan fingerprint density at radius 2 is 1.59 bits per heavy atom. The largest absolute Gasteiger partial charge is 0.423 e. The smallest absolute Gasteiger partial charge is 0.343 e. The van der Waals surface area contributed by atoms with E-state index in [2.05, 4.69) is 25.9 Å². The van der Waals surface area contributed by atoms with Gasteiger partial charge in [0.2, 0.25) is 0 Å². The second-order valence-electron chi connectivity index (χ2n) is 6.13. The zero-order valence-corrected chi connectivity index (χ0v) is 17.8. The molecular weight excluding hydrogens is 456 g/mol. The fraction of sp³-hybridized carbons (Fsp3) is 0.0476.